The number of hydrogen-bond acceptors (Lipinski definition) is 1. The molecule has 11 heavy (non-hydrogen) atoms. The van der Waals surface area contributed by atoms with E-state index < -0.39 is 0 Å². The average Bonchev–Trinajstić information content (AvgIpc) is 2.03. The monoisotopic (exact) mass is 152 g/mol. The van der Waals surface area contributed by atoms with Crippen molar-refractivity contribution in [2.24, 2.45) is 0 Å². The number of halogens is 1. The van der Waals surface area contributed by atoms with Crippen molar-refractivity contribution in [3.05, 3.63) is 30.1 Å². The average molecular weight is 152 g/mol. The molecule has 0 aliphatic rings. The van der Waals surface area contributed by atoms with Crippen LogP contribution in [0.4, 0.5) is 10.1 Å². The molecular weight excluding hydrogens is 141 g/mol. The Labute approximate surface area is 66.2 Å². The second-order valence-electron chi connectivity index (χ2n) is 2.33. The summed E-state index contributed by atoms with van der Waals surface area (Å²) in [4.78, 5) is 0. The molecule has 0 saturated heterocycles. The highest BCUT2D eigenvalue weighted by atomic mass is 19.1. The number of nitrogens with one attached hydrogen (secondary N) is 1. The fourth-order valence-corrected chi connectivity index (χ4v) is 0.813. The van der Waals surface area contributed by atoms with Gasteiger partial charge in [-0.05, 0) is 24.6 Å². The molecule has 1 N–H and O–H groups in total. The Kier molecular flexibility index (Phi) is 2.90. The van der Waals surface area contributed by atoms with E-state index in [1.165, 1.54) is 6.07 Å². The van der Waals surface area contributed by atoms with Crippen LogP contribution in [-0.2, 0) is 0 Å². The van der Waals surface area contributed by atoms with Gasteiger partial charge in [0, 0.05) is 6.54 Å². The third kappa shape index (κ3) is 2.22. The Morgan fingerprint density at radius 3 is 3.09 bits per heavy atom. The smallest absolute Gasteiger partial charge is 0.146 e. The summed E-state index contributed by atoms with van der Waals surface area (Å²) in [6.45, 7) is 2.85. The van der Waals surface area contributed by atoms with Gasteiger partial charge < -0.3 is 5.32 Å². The fraction of sp³-hybridized carbons (Fsp3) is 0.333. The molecule has 0 heterocycles. The Hall–Kier alpha value is -1.05. The summed E-state index contributed by atoms with van der Waals surface area (Å²) in [6, 6.07) is 7.37. The van der Waals surface area contributed by atoms with Crippen LogP contribution >= 0.6 is 0 Å². The summed E-state index contributed by atoms with van der Waals surface area (Å²) >= 11 is 0. The molecule has 0 fully saturated rings. The van der Waals surface area contributed by atoms with Crippen molar-refractivity contribution in [1.82, 2.24) is 0 Å². The lowest BCUT2D eigenvalue weighted by molar-refractivity contribution is 0.629. The van der Waals surface area contributed by atoms with Crippen LogP contribution in [0, 0.1) is 11.9 Å². The van der Waals surface area contributed by atoms with Gasteiger partial charge in [0.1, 0.15) is 5.82 Å². The van der Waals surface area contributed by atoms with Gasteiger partial charge in [0.15, 0.2) is 0 Å². The van der Waals surface area contributed by atoms with Crippen molar-refractivity contribution in [2.75, 3.05) is 11.9 Å². The number of rotatable bonds is 3. The van der Waals surface area contributed by atoms with Gasteiger partial charge in [0.25, 0.3) is 0 Å². The van der Waals surface area contributed by atoms with E-state index >= 15 is 0 Å². The molecule has 2 heteroatoms. The molecule has 1 radical (unpaired) electrons. The molecule has 0 spiro atoms. The van der Waals surface area contributed by atoms with Gasteiger partial charge in [-0.3, -0.25) is 0 Å². The van der Waals surface area contributed by atoms with E-state index in [4.69, 9.17) is 0 Å². The van der Waals surface area contributed by atoms with Crippen molar-refractivity contribution in [1.29, 1.82) is 0 Å². The largest absolute Gasteiger partial charge is 0.383 e. The summed E-state index contributed by atoms with van der Waals surface area (Å²) in [7, 11) is 0. The van der Waals surface area contributed by atoms with Gasteiger partial charge in [0.2, 0.25) is 0 Å². The lowest BCUT2D eigenvalue weighted by Gasteiger charge is -2.03. The Bertz CT molecular complexity index is 223. The first-order valence-electron chi connectivity index (χ1n) is 3.74. The van der Waals surface area contributed by atoms with E-state index in [1.54, 1.807) is 12.1 Å². The Balaban J connectivity index is 2.62. The van der Waals surface area contributed by atoms with Crippen LogP contribution < -0.4 is 5.32 Å². The summed E-state index contributed by atoms with van der Waals surface area (Å²) in [6.07, 6.45) is 0.998. The van der Waals surface area contributed by atoms with Gasteiger partial charge in [-0.25, -0.2) is 4.39 Å². The normalized spacial score (nSPS) is 9.64. The maximum Gasteiger partial charge on any atom is 0.146 e. The molecule has 0 aromatic heterocycles. The van der Waals surface area contributed by atoms with E-state index in [2.05, 4.69) is 11.4 Å². The molecule has 0 bridgehead atoms. The fourth-order valence-electron chi connectivity index (χ4n) is 0.813. The quantitative estimate of drug-likeness (QED) is 0.701. The maximum atomic E-state index is 12.8. The third-order valence-electron chi connectivity index (χ3n) is 1.38. The molecule has 1 aromatic rings. The Morgan fingerprint density at radius 1 is 1.64 bits per heavy atom. The number of anilines is 1. The molecule has 0 unspecified atom stereocenters. The van der Waals surface area contributed by atoms with Gasteiger partial charge >= 0.3 is 0 Å². The van der Waals surface area contributed by atoms with Crippen LogP contribution in [0.2, 0.25) is 0 Å². The predicted molar refractivity (Wildman–Crippen MR) is 44.0 cm³/mol. The maximum absolute atomic E-state index is 12.8. The third-order valence-corrected chi connectivity index (χ3v) is 1.38. The lowest BCUT2D eigenvalue weighted by atomic mass is 10.3. The van der Waals surface area contributed by atoms with Crippen molar-refractivity contribution < 1.29 is 4.39 Å². The predicted octanol–water partition coefficient (Wildman–Crippen LogP) is 2.45. The van der Waals surface area contributed by atoms with Crippen LogP contribution in [0.1, 0.15) is 13.3 Å². The molecule has 0 saturated carbocycles. The summed E-state index contributed by atoms with van der Waals surface area (Å²) in [5, 5.41) is 2.97. The molecule has 1 aromatic carbocycles. The van der Waals surface area contributed by atoms with E-state index in [9.17, 15) is 4.39 Å². The van der Waals surface area contributed by atoms with Gasteiger partial charge in [-0.2, -0.15) is 0 Å². The standard InChI is InChI=1S/C9H11FN/c1-2-7-11-9-6-4-3-5-8(9)10/h4-6,11H,2,7H2,1H3. The highest BCUT2D eigenvalue weighted by molar-refractivity contribution is 5.43. The minimum absolute atomic E-state index is 0.235. The molecule has 1 nitrogen and oxygen atoms in total. The molecule has 59 valence electrons. The molecule has 0 aliphatic carbocycles. The molecule has 0 aliphatic heterocycles. The lowest BCUT2D eigenvalue weighted by Crippen LogP contribution is -2.01. The summed E-state index contributed by atoms with van der Waals surface area (Å²) < 4.78 is 12.8. The van der Waals surface area contributed by atoms with E-state index in [0.717, 1.165) is 13.0 Å². The zero-order valence-electron chi connectivity index (χ0n) is 6.52. The number of benzene rings is 1. The van der Waals surface area contributed by atoms with Crippen molar-refractivity contribution in [2.45, 2.75) is 13.3 Å². The first kappa shape index (κ1) is 8.05. The van der Waals surface area contributed by atoms with Gasteiger partial charge in [-0.1, -0.05) is 13.0 Å². The van der Waals surface area contributed by atoms with Crippen LogP contribution in [0.5, 0.6) is 0 Å². The minimum atomic E-state index is -0.235. The van der Waals surface area contributed by atoms with E-state index in [0.29, 0.717) is 5.69 Å². The van der Waals surface area contributed by atoms with Crippen molar-refractivity contribution in [3.63, 3.8) is 0 Å². The highest BCUT2D eigenvalue weighted by Gasteiger charge is 1.96. The number of hydrogen-bond donors (Lipinski definition) is 1. The topological polar surface area (TPSA) is 12.0 Å². The first-order chi connectivity index (χ1) is 5.34. The van der Waals surface area contributed by atoms with Crippen LogP contribution in [0.3, 0.4) is 0 Å². The first-order valence-corrected chi connectivity index (χ1v) is 3.74. The molecule has 0 atom stereocenters. The summed E-state index contributed by atoms with van der Waals surface area (Å²) in [5.74, 6) is -0.235. The van der Waals surface area contributed by atoms with Gasteiger partial charge in [0.05, 0.1) is 5.69 Å². The van der Waals surface area contributed by atoms with Gasteiger partial charge in [-0.15, -0.1) is 0 Å². The minimum Gasteiger partial charge on any atom is -0.383 e. The molecular formula is C9H11FN. The van der Waals surface area contributed by atoms with E-state index in [-0.39, 0.29) is 5.82 Å². The van der Waals surface area contributed by atoms with Crippen molar-refractivity contribution >= 4 is 5.69 Å². The highest BCUT2D eigenvalue weighted by Crippen LogP contribution is 2.11. The second-order valence-corrected chi connectivity index (χ2v) is 2.33. The zero-order chi connectivity index (χ0) is 8.10. The molecule has 1 rings (SSSR count). The molecule has 0 amide bonds. The van der Waals surface area contributed by atoms with Crippen molar-refractivity contribution in [3.8, 4) is 0 Å². The van der Waals surface area contributed by atoms with Crippen LogP contribution in [0.15, 0.2) is 18.2 Å². The van der Waals surface area contributed by atoms with Crippen LogP contribution in [0.25, 0.3) is 0 Å². The SMILES string of the molecule is CCCNc1cc[c]cc1F. The Morgan fingerprint density at radius 2 is 2.45 bits per heavy atom. The van der Waals surface area contributed by atoms with E-state index in [1.807, 2.05) is 6.92 Å². The van der Waals surface area contributed by atoms with Crippen LogP contribution in [-0.4, -0.2) is 6.54 Å². The second kappa shape index (κ2) is 3.96. The summed E-state index contributed by atoms with van der Waals surface area (Å²) in [5.41, 5.74) is 0.561. The zero-order valence-corrected chi connectivity index (χ0v) is 6.52.